The normalized spacial score (nSPS) is 21.7. The van der Waals surface area contributed by atoms with E-state index in [9.17, 15) is 0 Å². The average Bonchev–Trinajstić information content (AvgIpc) is 2.91. The van der Waals surface area contributed by atoms with Crippen LogP contribution in [0.1, 0.15) is 33.9 Å². The van der Waals surface area contributed by atoms with Crippen molar-refractivity contribution in [3.05, 3.63) is 68.2 Å². The second kappa shape index (κ2) is 6.12. The summed E-state index contributed by atoms with van der Waals surface area (Å²) in [6.45, 7) is 0.431. The van der Waals surface area contributed by atoms with E-state index in [0.717, 1.165) is 22.5 Å². The van der Waals surface area contributed by atoms with Crippen LogP contribution < -0.4 is 16.8 Å². The largest absolute Gasteiger partial charge is 0.390 e. The van der Waals surface area contributed by atoms with Crippen LogP contribution in [0.2, 0.25) is 10.0 Å². The topological polar surface area (TPSA) is 64.1 Å². The minimum Gasteiger partial charge on any atom is -0.390 e. The molecule has 124 valence electrons. The summed E-state index contributed by atoms with van der Waals surface area (Å²) in [4.78, 5) is 1.22. The number of fused-ring (bicyclic) bond motifs is 3. The highest BCUT2D eigenvalue weighted by Gasteiger charge is 2.36. The third kappa shape index (κ3) is 2.45. The Morgan fingerprint density at radius 3 is 2.88 bits per heavy atom. The lowest BCUT2D eigenvalue weighted by Gasteiger charge is -2.34. The summed E-state index contributed by atoms with van der Waals surface area (Å²) >= 11 is 14.2. The first-order chi connectivity index (χ1) is 11.6. The van der Waals surface area contributed by atoms with E-state index in [4.69, 9.17) is 34.7 Å². The molecule has 2 unspecified atom stereocenters. The fraction of sp³-hybridized carbons (Fsp3) is 0.222. The SMILES string of the molecule is NCc1c(N)sc2c1C(c1ccc(Cl)cc1Cl)CC1NC=CC=C21. The van der Waals surface area contributed by atoms with E-state index in [1.54, 1.807) is 17.4 Å². The van der Waals surface area contributed by atoms with E-state index in [-0.39, 0.29) is 12.0 Å². The van der Waals surface area contributed by atoms with Crippen LogP contribution in [0.25, 0.3) is 5.57 Å². The van der Waals surface area contributed by atoms with Gasteiger partial charge in [0, 0.05) is 32.9 Å². The molecule has 2 atom stereocenters. The number of nitrogen functional groups attached to an aromatic ring is 1. The molecule has 0 saturated carbocycles. The van der Waals surface area contributed by atoms with Crippen LogP contribution in [0.5, 0.6) is 0 Å². The van der Waals surface area contributed by atoms with Gasteiger partial charge in [0.15, 0.2) is 0 Å². The fourth-order valence-corrected chi connectivity index (χ4v) is 5.45. The zero-order chi connectivity index (χ0) is 16.8. The standard InChI is InChI=1S/C18H17Cl2N3S/c19-9-3-4-10(14(20)6-9)12-7-15-11(2-1-5-23-15)17-16(12)13(8-21)18(22)24-17/h1-6,12,15,23H,7-8,21-22H2. The summed E-state index contributed by atoms with van der Waals surface area (Å²) in [5.74, 6) is 0.151. The number of halogens is 2. The molecule has 0 amide bonds. The summed E-state index contributed by atoms with van der Waals surface area (Å²) in [7, 11) is 0. The van der Waals surface area contributed by atoms with Gasteiger partial charge in [-0.1, -0.05) is 35.3 Å². The summed E-state index contributed by atoms with van der Waals surface area (Å²) < 4.78 is 0. The Bertz CT molecular complexity index is 869. The Morgan fingerprint density at radius 1 is 1.29 bits per heavy atom. The monoisotopic (exact) mass is 377 g/mol. The molecule has 1 aromatic carbocycles. The van der Waals surface area contributed by atoms with Gasteiger partial charge in [-0.05, 0) is 47.5 Å². The molecule has 24 heavy (non-hydrogen) atoms. The third-order valence-electron chi connectivity index (χ3n) is 4.75. The molecule has 4 rings (SSSR count). The number of thiophene rings is 1. The quantitative estimate of drug-likeness (QED) is 0.721. The molecule has 1 aromatic heterocycles. The average molecular weight is 378 g/mol. The molecular weight excluding hydrogens is 361 g/mol. The second-order valence-electron chi connectivity index (χ2n) is 6.05. The molecule has 1 aliphatic carbocycles. The Labute approximate surface area is 154 Å². The lowest BCUT2D eigenvalue weighted by Crippen LogP contribution is -2.33. The molecule has 0 fully saturated rings. The van der Waals surface area contributed by atoms with Crippen molar-refractivity contribution in [2.75, 3.05) is 5.73 Å². The van der Waals surface area contributed by atoms with E-state index in [2.05, 4.69) is 11.4 Å². The zero-order valence-electron chi connectivity index (χ0n) is 12.9. The number of allylic oxidation sites excluding steroid dienone is 2. The maximum atomic E-state index is 6.51. The van der Waals surface area contributed by atoms with E-state index in [0.29, 0.717) is 16.6 Å². The number of nitrogens with one attached hydrogen (secondary N) is 1. The van der Waals surface area contributed by atoms with Crippen molar-refractivity contribution in [2.45, 2.75) is 24.9 Å². The van der Waals surface area contributed by atoms with Crippen LogP contribution in [-0.4, -0.2) is 6.04 Å². The molecular formula is C18H17Cl2N3S. The number of benzene rings is 1. The van der Waals surface area contributed by atoms with Gasteiger partial charge >= 0.3 is 0 Å². The number of nitrogens with two attached hydrogens (primary N) is 2. The molecule has 0 radical (unpaired) electrons. The number of dihydropyridines is 1. The van der Waals surface area contributed by atoms with Crippen molar-refractivity contribution in [1.82, 2.24) is 5.32 Å². The first kappa shape index (κ1) is 16.0. The second-order valence-corrected chi connectivity index (χ2v) is 7.94. The van der Waals surface area contributed by atoms with Crippen molar-refractivity contribution in [3.63, 3.8) is 0 Å². The predicted molar refractivity (Wildman–Crippen MR) is 104 cm³/mol. The van der Waals surface area contributed by atoms with E-state index < -0.39 is 0 Å². The van der Waals surface area contributed by atoms with Crippen molar-refractivity contribution in [2.24, 2.45) is 5.73 Å². The van der Waals surface area contributed by atoms with Gasteiger partial charge < -0.3 is 16.8 Å². The first-order valence-corrected chi connectivity index (χ1v) is 9.36. The molecule has 0 saturated heterocycles. The maximum absolute atomic E-state index is 6.51. The molecule has 3 nitrogen and oxygen atoms in total. The van der Waals surface area contributed by atoms with Crippen LogP contribution in [0.4, 0.5) is 5.00 Å². The Morgan fingerprint density at radius 2 is 2.12 bits per heavy atom. The highest BCUT2D eigenvalue weighted by Crippen LogP contribution is 2.51. The van der Waals surface area contributed by atoms with E-state index >= 15 is 0 Å². The summed E-state index contributed by atoms with van der Waals surface area (Å²) in [6.07, 6.45) is 7.09. The van der Waals surface area contributed by atoms with Gasteiger partial charge in [0.25, 0.3) is 0 Å². The minimum atomic E-state index is 0.151. The molecule has 2 heterocycles. The summed E-state index contributed by atoms with van der Waals surface area (Å²) in [6, 6.07) is 5.96. The van der Waals surface area contributed by atoms with Crippen LogP contribution >= 0.6 is 34.5 Å². The molecule has 1 aliphatic heterocycles. The van der Waals surface area contributed by atoms with E-state index in [1.807, 2.05) is 24.4 Å². The van der Waals surface area contributed by atoms with Crippen LogP contribution in [0, 0.1) is 0 Å². The lowest BCUT2D eigenvalue weighted by molar-refractivity contribution is 0.579. The smallest absolute Gasteiger partial charge is 0.0911 e. The molecule has 2 aliphatic rings. The van der Waals surface area contributed by atoms with Gasteiger partial charge in [0.1, 0.15) is 0 Å². The maximum Gasteiger partial charge on any atom is 0.0911 e. The van der Waals surface area contributed by atoms with Gasteiger partial charge in [0.2, 0.25) is 0 Å². The fourth-order valence-electron chi connectivity index (χ4n) is 3.67. The first-order valence-electron chi connectivity index (χ1n) is 7.79. The van der Waals surface area contributed by atoms with Crippen molar-refractivity contribution >= 4 is 45.1 Å². The lowest BCUT2D eigenvalue weighted by atomic mass is 9.75. The van der Waals surface area contributed by atoms with Gasteiger partial charge in [0.05, 0.1) is 11.0 Å². The summed E-state index contributed by atoms with van der Waals surface area (Å²) in [5, 5.41) is 5.58. The highest BCUT2D eigenvalue weighted by atomic mass is 35.5. The zero-order valence-corrected chi connectivity index (χ0v) is 15.2. The van der Waals surface area contributed by atoms with Gasteiger partial charge in [-0.25, -0.2) is 0 Å². The third-order valence-corrected chi connectivity index (χ3v) is 6.44. The number of hydrogen-bond acceptors (Lipinski definition) is 4. The number of hydrogen-bond donors (Lipinski definition) is 3. The number of anilines is 1. The number of rotatable bonds is 2. The molecule has 6 heteroatoms. The molecule has 0 spiro atoms. The van der Waals surface area contributed by atoms with Gasteiger partial charge in [-0.2, -0.15) is 0 Å². The minimum absolute atomic E-state index is 0.151. The van der Waals surface area contributed by atoms with E-state index in [1.165, 1.54) is 16.0 Å². The van der Waals surface area contributed by atoms with Crippen LogP contribution in [0.15, 0.2) is 36.6 Å². The van der Waals surface area contributed by atoms with Crippen molar-refractivity contribution in [1.29, 1.82) is 0 Å². The molecule has 2 aromatic rings. The van der Waals surface area contributed by atoms with Crippen molar-refractivity contribution in [3.8, 4) is 0 Å². The van der Waals surface area contributed by atoms with Crippen LogP contribution in [-0.2, 0) is 6.54 Å². The summed E-state index contributed by atoms with van der Waals surface area (Å²) in [5.41, 5.74) is 16.9. The Balaban J connectivity index is 1.93. The predicted octanol–water partition coefficient (Wildman–Crippen LogP) is 4.50. The highest BCUT2D eigenvalue weighted by molar-refractivity contribution is 7.17. The van der Waals surface area contributed by atoms with Gasteiger partial charge in [-0.15, -0.1) is 11.3 Å². The van der Waals surface area contributed by atoms with Crippen molar-refractivity contribution < 1.29 is 0 Å². The van der Waals surface area contributed by atoms with Crippen LogP contribution in [0.3, 0.4) is 0 Å². The molecule has 0 bridgehead atoms. The Hall–Kier alpha value is -1.46. The molecule has 5 N–H and O–H groups in total. The van der Waals surface area contributed by atoms with Gasteiger partial charge in [-0.3, -0.25) is 0 Å². The Kier molecular flexibility index (Phi) is 4.09.